The Morgan fingerprint density at radius 1 is 1.53 bits per heavy atom. The molecule has 0 bridgehead atoms. The maximum atomic E-state index is 5.94. The molecule has 1 aromatic rings. The average molecular weight is 271 g/mol. The molecule has 1 N–H and O–H groups in total. The van der Waals surface area contributed by atoms with Crippen LogP contribution in [0.4, 0.5) is 5.69 Å². The van der Waals surface area contributed by atoms with Gasteiger partial charge in [0.25, 0.3) is 0 Å². The maximum Gasteiger partial charge on any atom is 0.0426 e. The lowest BCUT2D eigenvalue weighted by molar-refractivity contribution is 0.297. The summed E-state index contributed by atoms with van der Waals surface area (Å²) in [6, 6.07) is 7.90. The van der Waals surface area contributed by atoms with Crippen molar-refractivity contribution in [3.8, 4) is 0 Å². The highest BCUT2D eigenvalue weighted by Crippen LogP contribution is 2.18. The summed E-state index contributed by atoms with van der Waals surface area (Å²) in [4.78, 5) is 2.53. The summed E-state index contributed by atoms with van der Waals surface area (Å²) in [5, 5.41) is 4.98. The second kappa shape index (κ2) is 6.53. The first-order chi connectivity index (χ1) is 8.24. The number of thioether (sulfide) groups is 1. The molecule has 0 aromatic heterocycles. The van der Waals surface area contributed by atoms with E-state index < -0.39 is 0 Å². The number of benzene rings is 1. The first-order valence-electron chi connectivity index (χ1n) is 6.07. The van der Waals surface area contributed by atoms with Crippen LogP contribution in [0.25, 0.3) is 0 Å². The van der Waals surface area contributed by atoms with E-state index >= 15 is 0 Å². The number of hydrogen-bond acceptors (Lipinski definition) is 3. The third-order valence-corrected chi connectivity index (χ3v) is 4.28. The monoisotopic (exact) mass is 270 g/mol. The second-order valence-electron chi connectivity index (χ2n) is 4.42. The van der Waals surface area contributed by atoms with Gasteiger partial charge in [0.2, 0.25) is 0 Å². The van der Waals surface area contributed by atoms with Crippen LogP contribution in [0.5, 0.6) is 0 Å². The Morgan fingerprint density at radius 3 is 3.18 bits per heavy atom. The molecule has 0 amide bonds. The largest absolute Gasteiger partial charge is 0.384 e. The van der Waals surface area contributed by atoms with Gasteiger partial charge in [0.05, 0.1) is 0 Å². The molecule has 1 fully saturated rings. The predicted molar refractivity (Wildman–Crippen MR) is 78.3 cm³/mol. The molecule has 1 saturated heterocycles. The van der Waals surface area contributed by atoms with Crippen LogP contribution < -0.4 is 5.32 Å². The lowest BCUT2D eigenvalue weighted by atomic mass is 10.3. The quantitative estimate of drug-likeness (QED) is 0.905. The minimum atomic E-state index is 0.773. The van der Waals surface area contributed by atoms with E-state index in [4.69, 9.17) is 11.6 Å². The molecule has 1 unspecified atom stereocenters. The fraction of sp³-hybridized carbons (Fsp3) is 0.538. The molecule has 1 aliphatic rings. The normalized spacial score (nSPS) is 21.4. The topological polar surface area (TPSA) is 15.3 Å². The highest BCUT2D eigenvalue weighted by molar-refractivity contribution is 7.99. The van der Waals surface area contributed by atoms with Gasteiger partial charge in [-0.2, -0.15) is 11.8 Å². The summed E-state index contributed by atoms with van der Waals surface area (Å²) < 4.78 is 0. The Bertz CT molecular complexity index is 359. The van der Waals surface area contributed by atoms with E-state index in [0.29, 0.717) is 0 Å². The van der Waals surface area contributed by atoms with Gasteiger partial charge in [-0.25, -0.2) is 0 Å². The summed E-state index contributed by atoms with van der Waals surface area (Å²) in [7, 11) is 0. The van der Waals surface area contributed by atoms with E-state index in [2.05, 4.69) is 35.0 Å². The highest BCUT2D eigenvalue weighted by Gasteiger charge is 2.15. The molecule has 2 rings (SSSR count). The Balaban J connectivity index is 1.72. The first-order valence-corrected chi connectivity index (χ1v) is 7.50. The second-order valence-corrected chi connectivity index (χ2v) is 6.40. The first kappa shape index (κ1) is 13.1. The standard InChI is InChI=1S/C13H19ClN2S/c1-11-10-16(7-8-17-11)6-5-15-13-4-2-3-12(14)9-13/h2-4,9,11,15H,5-8,10H2,1H3. The average Bonchev–Trinajstić information content (AvgIpc) is 2.29. The van der Waals surface area contributed by atoms with Crippen molar-refractivity contribution in [2.45, 2.75) is 12.2 Å². The number of nitrogens with one attached hydrogen (secondary N) is 1. The summed E-state index contributed by atoms with van der Waals surface area (Å²) in [5.74, 6) is 1.26. The molecule has 1 aliphatic heterocycles. The van der Waals surface area contributed by atoms with E-state index in [-0.39, 0.29) is 0 Å². The molecule has 4 heteroatoms. The number of nitrogens with zero attached hydrogens (tertiary/aromatic N) is 1. The molecule has 1 atom stereocenters. The Hall–Kier alpha value is -0.380. The zero-order valence-corrected chi connectivity index (χ0v) is 11.7. The van der Waals surface area contributed by atoms with E-state index in [9.17, 15) is 0 Å². The summed E-state index contributed by atoms with van der Waals surface area (Å²) in [6.45, 7) is 6.82. The van der Waals surface area contributed by atoms with Gasteiger partial charge in [0.1, 0.15) is 0 Å². The van der Waals surface area contributed by atoms with Gasteiger partial charge in [0, 0.05) is 47.9 Å². The number of hydrogen-bond donors (Lipinski definition) is 1. The van der Waals surface area contributed by atoms with Crippen molar-refractivity contribution in [2.24, 2.45) is 0 Å². The van der Waals surface area contributed by atoms with Crippen LogP contribution in [0.3, 0.4) is 0 Å². The van der Waals surface area contributed by atoms with Crippen molar-refractivity contribution in [3.05, 3.63) is 29.3 Å². The lowest BCUT2D eigenvalue weighted by Gasteiger charge is -2.30. The molecular formula is C13H19ClN2S. The summed E-state index contributed by atoms with van der Waals surface area (Å²) in [5.41, 5.74) is 1.11. The van der Waals surface area contributed by atoms with Gasteiger partial charge in [-0.3, -0.25) is 4.90 Å². The van der Waals surface area contributed by atoms with E-state index in [1.807, 2.05) is 18.2 Å². The predicted octanol–water partition coefficient (Wildman–Crippen LogP) is 3.19. The number of halogens is 1. The molecule has 0 radical (unpaired) electrons. The van der Waals surface area contributed by atoms with Crippen molar-refractivity contribution in [2.75, 3.05) is 37.2 Å². The van der Waals surface area contributed by atoms with Crippen LogP contribution in [0.15, 0.2) is 24.3 Å². The highest BCUT2D eigenvalue weighted by atomic mass is 35.5. The zero-order valence-electron chi connectivity index (χ0n) is 10.2. The maximum absolute atomic E-state index is 5.94. The molecule has 1 heterocycles. The van der Waals surface area contributed by atoms with Gasteiger partial charge in [-0.05, 0) is 18.2 Å². The molecule has 17 heavy (non-hydrogen) atoms. The van der Waals surface area contributed by atoms with Crippen molar-refractivity contribution in [1.82, 2.24) is 4.90 Å². The third kappa shape index (κ3) is 4.41. The van der Waals surface area contributed by atoms with Crippen LogP contribution in [0.1, 0.15) is 6.92 Å². The molecule has 0 saturated carbocycles. The van der Waals surface area contributed by atoms with Crippen molar-refractivity contribution >= 4 is 29.1 Å². The third-order valence-electron chi connectivity index (χ3n) is 2.91. The Labute approximate surface area is 113 Å². The van der Waals surface area contributed by atoms with Gasteiger partial charge < -0.3 is 5.32 Å². The van der Waals surface area contributed by atoms with Crippen LogP contribution >= 0.6 is 23.4 Å². The van der Waals surface area contributed by atoms with Crippen molar-refractivity contribution in [3.63, 3.8) is 0 Å². The summed E-state index contributed by atoms with van der Waals surface area (Å²) >= 11 is 8.01. The zero-order chi connectivity index (χ0) is 12.1. The van der Waals surface area contributed by atoms with Crippen LogP contribution in [-0.4, -0.2) is 42.1 Å². The minimum absolute atomic E-state index is 0.773. The SMILES string of the molecule is CC1CN(CCNc2cccc(Cl)c2)CCS1. The minimum Gasteiger partial charge on any atom is -0.384 e. The molecule has 0 spiro atoms. The van der Waals surface area contributed by atoms with Crippen LogP contribution in [0, 0.1) is 0 Å². The van der Waals surface area contributed by atoms with Crippen LogP contribution in [0.2, 0.25) is 5.02 Å². The van der Waals surface area contributed by atoms with E-state index in [1.54, 1.807) is 0 Å². The van der Waals surface area contributed by atoms with E-state index in [1.165, 1.54) is 18.8 Å². The smallest absolute Gasteiger partial charge is 0.0426 e. The van der Waals surface area contributed by atoms with Gasteiger partial charge in [0.15, 0.2) is 0 Å². The van der Waals surface area contributed by atoms with Crippen molar-refractivity contribution in [1.29, 1.82) is 0 Å². The Kier molecular flexibility index (Phi) is 5.01. The molecule has 0 aliphatic carbocycles. The number of rotatable bonds is 4. The summed E-state index contributed by atoms with van der Waals surface area (Å²) in [6.07, 6.45) is 0. The fourth-order valence-electron chi connectivity index (χ4n) is 2.05. The van der Waals surface area contributed by atoms with Gasteiger partial charge in [-0.15, -0.1) is 0 Å². The number of anilines is 1. The molecule has 2 nitrogen and oxygen atoms in total. The molecular weight excluding hydrogens is 252 g/mol. The molecule has 1 aromatic carbocycles. The van der Waals surface area contributed by atoms with Crippen LogP contribution in [-0.2, 0) is 0 Å². The lowest BCUT2D eigenvalue weighted by Crippen LogP contribution is -2.39. The molecule has 94 valence electrons. The fourth-order valence-corrected chi connectivity index (χ4v) is 3.32. The van der Waals surface area contributed by atoms with E-state index in [0.717, 1.165) is 29.0 Å². The Morgan fingerprint density at radius 2 is 2.41 bits per heavy atom. The van der Waals surface area contributed by atoms with Gasteiger partial charge in [-0.1, -0.05) is 24.6 Å². The van der Waals surface area contributed by atoms with Crippen molar-refractivity contribution < 1.29 is 0 Å². The van der Waals surface area contributed by atoms with Gasteiger partial charge >= 0.3 is 0 Å².